The third-order valence-electron chi connectivity index (χ3n) is 2.72. The van der Waals surface area contributed by atoms with E-state index in [0.29, 0.717) is 0 Å². The van der Waals surface area contributed by atoms with Crippen LogP contribution >= 0.6 is 0 Å². The predicted octanol–water partition coefficient (Wildman–Crippen LogP) is -0.746. The topological polar surface area (TPSA) is 121 Å². The summed E-state index contributed by atoms with van der Waals surface area (Å²) in [4.78, 5) is 34.1. The van der Waals surface area contributed by atoms with Gasteiger partial charge >= 0.3 is 11.9 Å². The molecule has 4 N–H and O–H groups in total. The van der Waals surface area contributed by atoms with E-state index in [1.807, 2.05) is 0 Å². The number of carbonyl (C=O) groups excluding carboxylic acids is 1. The van der Waals surface area contributed by atoms with Crippen LogP contribution in [-0.4, -0.2) is 51.6 Å². The number of carbonyl (C=O) groups is 3. The lowest BCUT2D eigenvalue weighted by molar-refractivity contribution is -0.149. The fraction of sp³-hybridized carbons (Fsp3) is 0.700. The third-order valence-corrected chi connectivity index (χ3v) is 2.72. The van der Waals surface area contributed by atoms with Crippen LogP contribution in [0.2, 0.25) is 0 Å². The molecular weight excluding hydrogens is 228 g/mol. The Kier molecular flexibility index (Phi) is 4.45. The Morgan fingerprint density at radius 3 is 2.53 bits per heavy atom. The summed E-state index contributed by atoms with van der Waals surface area (Å²) in [6.07, 6.45) is 0.423. The Morgan fingerprint density at radius 1 is 1.47 bits per heavy atom. The number of nitrogens with zero attached hydrogens (tertiary/aromatic N) is 1. The van der Waals surface area contributed by atoms with Crippen molar-refractivity contribution in [3.8, 4) is 0 Å². The summed E-state index contributed by atoms with van der Waals surface area (Å²) in [5.41, 5.74) is 5.58. The molecule has 2 atom stereocenters. The number of carboxylic acids is 2. The SMILES string of the molecule is NC1CC(=O)N([C@H](CCCC(=O)O)C(=O)O)C1. The maximum Gasteiger partial charge on any atom is 0.326 e. The van der Waals surface area contributed by atoms with Gasteiger partial charge in [0.25, 0.3) is 0 Å². The monoisotopic (exact) mass is 244 g/mol. The highest BCUT2D eigenvalue weighted by Crippen LogP contribution is 2.17. The number of rotatable bonds is 6. The molecule has 1 fully saturated rings. The summed E-state index contributed by atoms with van der Waals surface area (Å²) in [7, 11) is 0. The Hall–Kier alpha value is -1.63. The zero-order chi connectivity index (χ0) is 13.0. The van der Waals surface area contributed by atoms with Crippen molar-refractivity contribution in [3.63, 3.8) is 0 Å². The highest BCUT2D eigenvalue weighted by Gasteiger charge is 2.35. The summed E-state index contributed by atoms with van der Waals surface area (Å²) in [6.45, 7) is 0.225. The molecule has 0 bridgehead atoms. The second kappa shape index (κ2) is 5.62. The second-order valence-electron chi connectivity index (χ2n) is 4.15. The Morgan fingerprint density at radius 2 is 2.12 bits per heavy atom. The zero-order valence-electron chi connectivity index (χ0n) is 9.33. The highest BCUT2D eigenvalue weighted by atomic mass is 16.4. The average molecular weight is 244 g/mol. The van der Waals surface area contributed by atoms with Crippen molar-refractivity contribution in [2.45, 2.75) is 37.8 Å². The Labute approximate surface area is 98.2 Å². The van der Waals surface area contributed by atoms with Crippen LogP contribution in [0.4, 0.5) is 0 Å². The number of nitrogens with two attached hydrogens (primary N) is 1. The molecule has 0 spiro atoms. The first-order chi connectivity index (χ1) is 7.91. The van der Waals surface area contributed by atoms with Crippen molar-refractivity contribution in [2.75, 3.05) is 6.54 Å². The zero-order valence-corrected chi connectivity index (χ0v) is 9.33. The summed E-state index contributed by atoms with van der Waals surface area (Å²) >= 11 is 0. The molecule has 0 aliphatic carbocycles. The van der Waals surface area contributed by atoms with E-state index in [1.54, 1.807) is 0 Å². The van der Waals surface area contributed by atoms with Crippen LogP contribution in [0.15, 0.2) is 0 Å². The van der Waals surface area contributed by atoms with Crippen LogP contribution in [-0.2, 0) is 14.4 Å². The first-order valence-electron chi connectivity index (χ1n) is 5.41. The van der Waals surface area contributed by atoms with E-state index in [-0.39, 0.29) is 44.2 Å². The number of carboxylic acid groups (broad SMARTS) is 2. The maximum absolute atomic E-state index is 11.5. The number of amides is 1. The van der Waals surface area contributed by atoms with Gasteiger partial charge in [-0.2, -0.15) is 0 Å². The molecule has 7 heteroatoms. The van der Waals surface area contributed by atoms with Gasteiger partial charge in [-0.25, -0.2) is 4.79 Å². The quantitative estimate of drug-likeness (QED) is 0.565. The van der Waals surface area contributed by atoms with Gasteiger partial charge in [0.05, 0.1) is 0 Å². The van der Waals surface area contributed by atoms with Crippen molar-refractivity contribution in [1.29, 1.82) is 0 Å². The lowest BCUT2D eigenvalue weighted by Gasteiger charge is -2.24. The van der Waals surface area contributed by atoms with E-state index in [0.717, 1.165) is 0 Å². The minimum atomic E-state index is -1.11. The first-order valence-corrected chi connectivity index (χ1v) is 5.41. The molecule has 0 radical (unpaired) electrons. The molecule has 0 aromatic carbocycles. The van der Waals surface area contributed by atoms with Crippen LogP contribution in [0.5, 0.6) is 0 Å². The van der Waals surface area contributed by atoms with Crippen LogP contribution in [0.3, 0.4) is 0 Å². The van der Waals surface area contributed by atoms with Crippen molar-refractivity contribution >= 4 is 17.8 Å². The molecule has 1 aliphatic rings. The predicted molar refractivity (Wildman–Crippen MR) is 57.2 cm³/mol. The first kappa shape index (κ1) is 13.4. The van der Waals surface area contributed by atoms with Gasteiger partial charge in [0.2, 0.25) is 5.91 Å². The standard InChI is InChI=1S/C10H16N2O5/c11-6-4-8(13)12(5-6)7(10(16)17)2-1-3-9(14)15/h6-7H,1-5,11H2,(H,14,15)(H,16,17)/t6?,7-/m1/s1. The second-order valence-corrected chi connectivity index (χ2v) is 4.15. The summed E-state index contributed by atoms with van der Waals surface area (Å²) in [6, 6.07) is -1.29. The minimum Gasteiger partial charge on any atom is -0.481 e. The molecule has 1 saturated heterocycles. The minimum absolute atomic E-state index is 0.0993. The van der Waals surface area contributed by atoms with Gasteiger partial charge in [0.1, 0.15) is 6.04 Å². The molecule has 17 heavy (non-hydrogen) atoms. The normalized spacial score (nSPS) is 21.6. The molecule has 0 saturated carbocycles. The van der Waals surface area contributed by atoms with E-state index >= 15 is 0 Å². The van der Waals surface area contributed by atoms with Gasteiger partial charge in [0.15, 0.2) is 0 Å². The van der Waals surface area contributed by atoms with Gasteiger partial charge in [-0.05, 0) is 12.8 Å². The van der Waals surface area contributed by atoms with Crippen LogP contribution in [0, 0.1) is 0 Å². The van der Waals surface area contributed by atoms with Gasteiger partial charge < -0.3 is 20.8 Å². The lowest BCUT2D eigenvalue weighted by atomic mass is 10.1. The summed E-state index contributed by atoms with van der Waals surface area (Å²) in [5.74, 6) is -2.36. The van der Waals surface area contributed by atoms with Crippen LogP contribution in [0.1, 0.15) is 25.7 Å². The molecule has 96 valence electrons. The van der Waals surface area contributed by atoms with Crippen molar-refractivity contribution in [2.24, 2.45) is 5.73 Å². The largest absolute Gasteiger partial charge is 0.481 e. The third kappa shape index (κ3) is 3.70. The Balaban J connectivity index is 2.57. The molecule has 1 heterocycles. The number of likely N-dealkylation sites (tertiary alicyclic amines) is 1. The Bertz CT molecular complexity index is 331. The smallest absolute Gasteiger partial charge is 0.326 e. The van der Waals surface area contributed by atoms with E-state index in [2.05, 4.69) is 0 Å². The van der Waals surface area contributed by atoms with Gasteiger partial charge in [-0.3, -0.25) is 9.59 Å². The maximum atomic E-state index is 11.5. The van der Waals surface area contributed by atoms with Crippen LogP contribution < -0.4 is 5.73 Å². The molecule has 0 aromatic heterocycles. The van der Waals surface area contributed by atoms with E-state index in [1.165, 1.54) is 4.90 Å². The van der Waals surface area contributed by atoms with Crippen molar-refractivity contribution in [1.82, 2.24) is 4.90 Å². The van der Waals surface area contributed by atoms with Gasteiger partial charge in [-0.1, -0.05) is 0 Å². The fourth-order valence-electron chi connectivity index (χ4n) is 1.92. The molecule has 7 nitrogen and oxygen atoms in total. The number of hydrogen-bond acceptors (Lipinski definition) is 4. The molecule has 0 aromatic rings. The highest BCUT2D eigenvalue weighted by molar-refractivity contribution is 5.85. The van der Waals surface area contributed by atoms with Gasteiger partial charge in [-0.15, -0.1) is 0 Å². The molecular formula is C10H16N2O5. The van der Waals surface area contributed by atoms with Crippen molar-refractivity contribution in [3.05, 3.63) is 0 Å². The molecule has 1 rings (SSSR count). The summed E-state index contributed by atoms with van der Waals surface area (Å²) in [5, 5.41) is 17.5. The fourth-order valence-corrected chi connectivity index (χ4v) is 1.92. The van der Waals surface area contributed by atoms with E-state index in [9.17, 15) is 14.4 Å². The number of aliphatic carboxylic acids is 2. The van der Waals surface area contributed by atoms with Crippen molar-refractivity contribution < 1.29 is 24.6 Å². The number of hydrogen-bond donors (Lipinski definition) is 3. The van der Waals surface area contributed by atoms with Crippen LogP contribution in [0.25, 0.3) is 0 Å². The lowest BCUT2D eigenvalue weighted by Crippen LogP contribution is -2.43. The average Bonchev–Trinajstić information content (AvgIpc) is 2.51. The van der Waals surface area contributed by atoms with Gasteiger partial charge in [0, 0.05) is 25.4 Å². The van der Waals surface area contributed by atoms with E-state index < -0.39 is 18.0 Å². The molecule has 1 aliphatic heterocycles. The molecule has 1 unspecified atom stereocenters. The molecule has 1 amide bonds. The van der Waals surface area contributed by atoms with E-state index in [4.69, 9.17) is 15.9 Å². The summed E-state index contributed by atoms with van der Waals surface area (Å²) < 4.78 is 0.